The van der Waals surface area contributed by atoms with Gasteiger partial charge in [-0.15, -0.1) is 0 Å². The van der Waals surface area contributed by atoms with Crippen molar-refractivity contribution in [1.29, 1.82) is 5.26 Å². The van der Waals surface area contributed by atoms with Gasteiger partial charge in [0.25, 0.3) is 0 Å². The zero-order valence-corrected chi connectivity index (χ0v) is 12.0. The fourth-order valence-electron chi connectivity index (χ4n) is 1.84. The van der Waals surface area contributed by atoms with Crippen molar-refractivity contribution in [3.8, 4) is 17.3 Å². The normalized spacial score (nSPS) is 10.6. The van der Waals surface area contributed by atoms with Crippen LogP contribution >= 0.6 is 0 Å². The van der Waals surface area contributed by atoms with Crippen molar-refractivity contribution < 1.29 is 4.74 Å². The van der Waals surface area contributed by atoms with Gasteiger partial charge >= 0.3 is 0 Å². The van der Waals surface area contributed by atoms with E-state index in [1.807, 2.05) is 44.2 Å². The van der Waals surface area contributed by atoms with Crippen molar-refractivity contribution in [3.63, 3.8) is 0 Å². The summed E-state index contributed by atoms with van der Waals surface area (Å²) < 4.78 is 5.54. The third kappa shape index (κ3) is 3.46. The Labute approximate surface area is 123 Å². The van der Waals surface area contributed by atoms with Crippen LogP contribution in [-0.2, 0) is 11.3 Å². The van der Waals surface area contributed by atoms with Gasteiger partial charge in [-0.1, -0.05) is 24.3 Å². The first-order valence-electron chi connectivity index (χ1n) is 6.55. The standard InChI is InChI=1S/C15H17N5O/c1-9(2)21-8-10-3-5-11(6-4-10)13-12(7-16)14(17)20-15(18)19-13/h3-6,9H,8H2,1-2H3,(H4,17,18,19,20). The van der Waals surface area contributed by atoms with E-state index >= 15 is 0 Å². The molecule has 4 N–H and O–H groups in total. The van der Waals surface area contributed by atoms with Crippen LogP contribution in [0.5, 0.6) is 0 Å². The number of nitrogens with zero attached hydrogens (tertiary/aromatic N) is 3. The van der Waals surface area contributed by atoms with Crippen LogP contribution in [0, 0.1) is 11.3 Å². The van der Waals surface area contributed by atoms with Gasteiger partial charge in [0, 0.05) is 5.56 Å². The lowest BCUT2D eigenvalue weighted by molar-refractivity contribution is 0.0657. The topological polar surface area (TPSA) is 111 Å². The maximum atomic E-state index is 9.18. The zero-order chi connectivity index (χ0) is 15.4. The molecule has 0 fully saturated rings. The summed E-state index contributed by atoms with van der Waals surface area (Å²) in [5.74, 6) is 0.140. The van der Waals surface area contributed by atoms with Crippen LogP contribution in [0.3, 0.4) is 0 Å². The number of benzene rings is 1. The maximum Gasteiger partial charge on any atom is 0.222 e. The van der Waals surface area contributed by atoms with E-state index in [1.54, 1.807) is 0 Å². The highest BCUT2D eigenvalue weighted by molar-refractivity contribution is 5.73. The fourth-order valence-corrected chi connectivity index (χ4v) is 1.84. The molecule has 0 aliphatic carbocycles. The molecule has 0 atom stereocenters. The van der Waals surface area contributed by atoms with Crippen LogP contribution in [0.2, 0.25) is 0 Å². The van der Waals surface area contributed by atoms with E-state index in [-0.39, 0.29) is 23.4 Å². The molecule has 0 radical (unpaired) electrons. The Morgan fingerprint density at radius 3 is 2.43 bits per heavy atom. The minimum absolute atomic E-state index is 0.0497. The third-order valence-corrected chi connectivity index (χ3v) is 2.88. The van der Waals surface area contributed by atoms with E-state index in [4.69, 9.17) is 16.2 Å². The Balaban J connectivity index is 2.33. The highest BCUT2D eigenvalue weighted by Gasteiger charge is 2.13. The summed E-state index contributed by atoms with van der Waals surface area (Å²) in [5.41, 5.74) is 13.8. The number of hydrogen-bond donors (Lipinski definition) is 2. The molecule has 6 nitrogen and oxygen atoms in total. The van der Waals surface area contributed by atoms with Crippen molar-refractivity contribution in [3.05, 3.63) is 35.4 Å². The Kier molecular flexibility index (Phi) is 4.36. The summed E-state index contributed by atoms with van der Waals surface area (Å²) >= 11 is 0. The minimum atomic E-state index is 0.0497. The van der Waals surface area contributed by atoms with Crippen molar-refractivity contribution in [2.75, 3.05) is 11.5 Å². The highest BCUT2D eigenvalue weighted by atomic mass is 16.5. The second-order valence-electron chi connectivity index (χ2n) is 4.86. The summed E-state index contributed by atoms with van der Waals surface area (Å²) in [5, 5.41) is 9.18. The van der Waals surface area contributed by atoms with Gasteiger partial charge in [-0.05, 0) is 19.4 Å². The first-order chi connectivity index (χ1) is 10.0. The molecule has 21 heavy (non-hydrogen) atoms. The van der Waals surface area contributed by atoms with Crippen LogP contribution in [0.1, 0.15) is 25.0 Å². The first kappa shape index (κ1) is 14.8. The number of aromatic nitrogens is 2. The SMILES string of the molecule is CC(C)OCc1ccc(-c2nc(N)nc(N)c2C#N)cc1. The molecule has 0 saturated heterocycles. The number of hydrogen-bond acceptors (Lipinski definition) is 6. The van der Waals surface area contributed by atoms with Gasteiger partial charge in [0.15, 0.2) is 0 Å². The van der Waals surface area contributed by atoms with Crippen molar-refractivity contribution in [2.45, 2.75) is 26.6 Å². The predicted octanol–water partition coefficient (Wildman–Crippen LogP) is 2.10. The van der Waals surface area contributed by atoms with Gasteiger partial charge in [-0.25, -0.2) is 4.98 Å². The lowest BCUT2D eigenvalue weighted by atomic mass is 10.1. The minimum Gasteiger partial charge on any atom is -0.382 e. The zero-order valence-electron chi connectivity index (χ0n) is 12.0. The smallest absolute Gasteiger partial charge is 0.222 e. The number of nitriles is 1. The van der Waals surface area contributed by atoms with Gasteiger partial charge in [0.05, 0.1) is 18.4 Å². The summed E-state index contributed by atoms with van der Waals surface area (Å²) in [4.78, 5) is 7.91. The monoisotopic (exact) mass is 283 g/mol. The fraction of sp³-hybridized carbons (Fsp3) is 0.267. The molecular formula is C15H17N5O. The van der Waals surface area contributed by atoms with Crippen LogP contribution < -0.4 is 11.5 Å². The van der Waals surface area contributed by atoms with Crippen LogP contribution in [-0.4, -0.2) is 16.1 Å². The second kappa shape index (κ2) is 6.20. The lowest BCUT2D eigenvalue weighted by Crippen LogP contribution is -2.05. The number of nitrogens with two attached hydrogens (primary N) is 2. The van der Waals surface area contributed by atoms with Crippen LogP contribution in [0.25, 0.3) is 11.3 Å². The van der Waals surface area contributed by atoms with E-state index in [0.717, 1.165) is 11.1 Å². The van der Waals surface area contributed by atoms with E-state index < -0.39 is 0 Å². The summed E-state index contributed by atoms with van der Waals surface area (Å²) in [6, 6.07) is 9.59. The number of rotatable bonds is 4. The summed E-state index contributed by atoms with van der Waals surface area (Å²) in [7, 11) is 0. The average Bonchev–Trinajstić information content (AvgIpc) is 2.45. The molecule has 0 bridgehead atoms. The Morgan fingerprint density at radius 1 is 1.19 bits per heavy atom. The van der Waals surface area contributed by atoms with Gasteiger partial charge in [0.2, 0.25) is 5.95 Å². The van der Waals surface area contributed by atoms with E-state index in [9.17, 15) is 5.26 Å². The molecule has 6 heteroatoms. The Hall–Kier alpha value is -2.65. The summed E-state index contributed by atoms with van der Waals surface area (Å²) in [6.07, 6.45) is 0.177. The quantitative estimate of drug-likeness (QED) is 0.888. The molecule has 2 rings (SSSR count). The second-order valence-corrected chi connectivity index (χ2v) is 4.86. The van der Waals surface area contributed by atoms with E-state index in [2.05, 4.69) is 9.97 Å². The molecular weight excluding hydrogens is 266 g/mol. The number of anilines is 2. The predicted molar refractivity (Wildman–Crippen MR) is 80.9 cm³/mol. The molecule has 0 aliphatic rings. The van der Waals surface area contributed by atoms with Crippen molar-refractivity contribution in [2.24, 2.45) is 0 Å². The largest absolute Gasteiger partial charge is 0.382 e. The Bertz CT molecular complexity index is 674. The molecule has 108 valence electrons. The number of ether oxygens (including phenoxy) is 1. The molecule has 0 aliphatic heterocycles. The molecule has 1 aromatic heterocycles. The molecule has 0 saturated carbocycles. The van der Waals surface area contributed by atoms with Gasteiger partial charge in [-0.3, -0.25) is 0 Å². The average molecular weight is 283 g/mol. The summed E-state index contributed by atoms with van der Waals surface area (Å²) in [6.45, 7) is 4.51. The molecule has 0 spiro atoms. The first-order valence-corrected chi connectivity index (χ1v) is 6.55. The third-order valence-electron chi connectivity index (χ3n) is 2.88. The van der Waals surface area contributed by atoms with Crippen molar-refractivity contribution >= 4 is 11.8 Å². The van der Waals surface area contributed by atoms with E-state index in [0.29, 0.717) is 12.3 Å². The van der Waals surface area contributed by atoms with E-state index in [1.165, 1.54) is 0 Å². The molecule has 2 aromatic rings. The van der Waals surface area contributed by atoms with Crippen molar-refractivity contribution in [1.82, 2.24) is 9.97 Å². The van der Waals surface area contributed by atoms with Gasteiger partial charge in [-0.2, -0.15) is 10.2 Å². The highest BCUT2D eigenvalue weighted by Crippen LogP contribution is 2.25. The molecule has 0 amide bonds. The van der Waals surface area contributed by atoms with Crippen LogP contribution in [0.4, 0.5) is 11.8 Å². The molecule has 1 heterocycles. The van der Waals surface area contributed by atoms with Gasteiger partial charge < -0.3 is 16.2 Å². The number of nitrogen functional groups attached to an aromatic ring is 2. The molecule has 0 unspecified atom stereocenters. The van der Waals surface area contributed by atoms with Gasteiger partial charge in [0.1, 0.15) is 17.5 Å². The molecule has 1 aromatic carbocycles. The van der Waals surface area contributed by atoms with Crippen LogP contribution in [0.15, 0.2) is 24.3 Å². The lowest BCUT2D eigenvalue weighted by Gasteiger charge is -2.09. The maximum absolute atomic E-state index is 9.18. The Morgan fingerprint density at radius 2 is 1.86 bits per heavy atom.